The van der Waals surface area contributed by atoms with Crippen LogP contribution in [0, 0.1) is 5.92 Å². The Morgan fingerprint density at radius 3 is 2.50 bits per heavy atom. The molecular formula is C23H36N4O. The van der Waals surface area contributed by atoms with Crippen molar-refractivity contribution in [2.45, 2.75) is 83.3 Å². The molecule has 0 bridgehead atoms. The average Bonchev–Trinajstić information content (AvgIpc) is 2.93. The van der Waals surface area contributed by atoms with E-state index in [0.29, 0.717) is 18.4 Å². The van der Waals surface area contributed by atoms with Gasteiger partial charge in [0.05, 0.1) is 6.54 Å². The van der Waals surface area contributed by atoms with Gasteiger partial charge < -0.3 is 11.1 Å². The Bertz CT molecular complexity index is 678. The fraction of sp³-hybridized carbons (Fsp3) is 0.652. The number of nitrogens with two attached hydrogens (primary N) is 1. The van der Waals surface area contributed by atoms with Crippen molar-refractivity contribution in [2.24, 2.45) is 16.6 Å². The van der Waals surface area contributed by atoms with Crippen LogP contribution in [0.25, 0.3) is 0 Å². The summed E-state index contributed by atoms with van der Waals surface area (Å²) >= 11 is 0. The molecule has 1 unspecified atom stereocenters. The first-order valence-electron chi connectivity index (χ1n) is 11.0. The summed E-state index contributed by atoms with van der Waals surface area (Å²) < 4.78 is 0. The van der Waals surface area contributed by atoms with Crippen LogP contribution in [0.3, 0.4) is 0 Å². The minimum atomic E-state index is -0.631. The van der Waals surface area contributed by atoms with E-state index in [1.165, 1.54) is 37.7 Å². The van der Waals surface area contributed by atoms with Gasteiger partial charge in [-0.3, -0.25) is 9.69 Å². The van der Waals surface area contributed by atoms with Gasteiger partial charge >= 0.3 is 0 Å². The summed E-state index contributed by atoms with van der Waals surface area (Å²) in [7, 11) is 1.94. The topological polar surface area (TPSA) is 70.7 Å². The minimum Gasteiger partial charge on any atom is -0.369 e. The summed E-state index contributed by atoms with van der Waals surface area (Å²) in [5, 5.41) is 3.16. The summed E-state index contributed by atoms with van der Waals surface area (Å²) in [6.07, 6.45) is 10.1. The van der Waals surface area contributed by atoms with E-state index in [1.54, 1.807) is 4.90 Å². The number of benzene rings is 1. The molecule has 0 spiro atoms. The van der Waals surface area contributed by atoms with Crippen LogP contribution in [0.4, 0.5) is 0 Å². The number of nitrogens with zero attached hydrogens (tertiary/aromatic N) is 2. The highest BCUT2D eigenvalue weighted by Crippen LogP contribution is 2.39. The van der Waals surface area contributed by atoms with Gasteiger partial charge in [0.2, 0.25) is 0 Å². The van der Waals surface area contributed by atoms with Gasteiger partial charge in [0.25, 0.3) is 5.91 Å². The van der Waals surface area contributed by atoms with Crippen molar-refractivity contribution < 1.29 is 4.79 Å². The summed E-state index contributed by atoms with van der Waals surface area (Å²) in [5.74, 6) is 1.12. The molecular weight excluding hydrogens is 348 g/mol. The molecule has 0 radical (unpaired) electrons. The van der Waals surface area contributed by atoms with E-state index in [4.69, 9.17) is 10.7 Å². The maximum Gasteiger partial charge on any atom is 0.257 e. The lowest BCUT2D eigenvalue weighted by Gasteiger charge is -2.32. The van der Waals surface area contributed by atoms with E-state index in [2.05, 4.69) is 36.5 Å². The van der Waals surface area contributed by atoms with Crippen LogP contribution in [0.1, 0.15) is 75.8 Å². The van der Waals surface area contributed by atoms with Crippen LogP contribution in [0.15, 0.2) is 29.3 Å². The Kier molecular flexibility index (Phi) is 7.11. The van der Waals surface area contributed by atoms with Gasteiger partial charge in [0.1, 0.15) is 5.54 Å². The molecule has 5 nitrogen and oxygen atoms in total. The molecule has 5 heteroatoms. The monoisotopic (exact) mass is 384 g/mol. The second kappa shape index (κ2) is 9.55. The van der Waals surface area contributed by atoms with Gasteiger partial charge in [0.15, 0.2) is 5.96 Å². The first-order chi connectivity index (χ1) is 13.6. The van der Waals surface area contributed by atoms with E-state index < -0.39 is 5.54 Å². The quantitative estimate of drug-likeness (QED) is 0.677. The average molecular weight is 385 g/mol. The molecule has 154 valence electrons. The highest BCUT2D eigenvalue weighted by Gasteiger charge is 2.48. The Hall–Kier alpha value is -1.88. The molecule has 0 saturated heterocycles. The lowest BCUT2D eigenvalue weighted by atomic mass is 9.77. The van der Waals surface area contributed by atoms with Crippen molar-refractivity contribution in [3.8, 4) is 0 Å². The molecule has 1 aliphatic carbocycles. The van der Waals surface area contributed by atoms with Crippen molar-refractivity contribution in [3.05, 3.63) is 35.4 Å². The second-order valence-corrected chi connectivity index (χ2v) is 8.55. The number of hydrogen-bond acceptors (Lipinski definition) is 4. The van der Waals surface area contributed by atoms with Gasteiger partial charge in [-0.1, -0.05) is 76.1 Å². The molecule has 1 amide bonds. The zero-order valence-electron chi connectivity index (χ0n) is 17.5. The van der Waals surface area contributed by atoms with E-state index in [1.807, 2.05) is 7.05 Å². The minimum absolute atomic E-state index is 0.114. The van der Waals surface area contributed by atoms with Crippen molar-refractivity contribution in [1.82, 2.24) is 10.2 Å². The van der Waals surface area contributed by atoms with E-state index >= 15 is 0 Å². The Labute approximate surface area is 169 Å². The molecule has 1 heterocycles. The van der Waals surface area contributed by atoms with E-state index in [-0.39, 0.29) is 5.91 Å². The molecule has 1 aromatic carbocycles. The second-order valence-electron chi connectivity index (χ2n) is 8.55. The van der Waals surface area contributed by atoms with Gasteiger partial charge in [-0.2, -0.15) is 0 Å². The Balaban J connectivity index is 1.74. The largest absolute Gasteiger partial charge is 0.369 e. The third-order valence-electron chi connectivity index (χ3n) is 6.29. The van der Waals surface area contributed by atoms with Gasteiger partial charge in [-0.15, -0.1) is 0 Å². The van der Waals surface area contributed by atoms with Crippen LogP contribution in [-0.2, 0) is 17.9 Å². The molecule has 1 atom stereocenters. The summed E-state index contributed by atoms with van der Waals surface area (Å²) in [6.45, 7) is 3.52. The Morgan fingerprint density at radius 2 is 1.86 bits per heavy atom. The number of amides is 1. The van der Waals surface area contributed by atoms with Crippen molar-refractivity contribution >= 4 is 11.9 Å². The number of nitrogens with one attached hydrogen (secondary N) is 1. The molecule has 1 aromatic rings. The maximum absolute atomic E-state index is 13.5. The number of aliphatic imine (C=N–C) groups is 1. The molecule has 3 N–H and O–H groups in total. The smallest absolute Gasteiger partial charge is 0.257 e. The maximum atomic E-state index is 13.5. The van der Waals surface area contributed by atoms with Crippen LogP contribution in [-0.4, -0.2) is 29.4 Å². The van der Waals surface area contributed by atoms with E-state index in [0.717, 1.165) is 37.8 Å². The summed E-state index contributed by atoms with van der Waals surface area (Å²) in [6, 6.07) is 8.37. The lowest BCUT2D eigenvalue weighted by molar-refractivity contribution is -0.132. The standard InChI is InChI=1S/C23H36N4O/c1-3-4-14-23(15-18-8-6-5-7-9-18)21(28)27(22(24)26-23)17-20-12-10-19(11-13-20)16-25-2/h10-13,18,25H,3-9,14-17H2,1-2H3,(H2,24,26). The van der Waals surface area contributed by atoms with Crippen molar-refractivity contribution in [1.29, 1.82) is 0 Å². The molecule has 28 heavy (non-hydrogen) atoms. The van der Waals surface area contributed by atoms with Crippen molar-refractivity contribution in [2.75, 3.05) is 7.05 Å². The number of guanidine groups is 1. The van der Waals surface area contributed by atoms with Crippen LogP contribution in [0.2, 0.25) is 0 Å². The molecule has 1 fully saturated rings. The molecule has 1 aliphatic heterocycles. The molecule has 0 aromatic heterocycles. The van der Waals surface area contributed by atoms with Crippen LogP contribution in [0.5, 0.6) is 0 Å². The van der Waals surface area contributed by atoms with Crippen LogP contribution < -0.4 is 11.1 Å². The summed E-state index contributed by atoms with van der Waals surface area (Å²) in [5.41, 5.74) is 7.99. The summed E-state index contributed by atoms with van der Waals surface area (Å²) in [4.78, 5) is 20.0. The Morgan fingerprint density at radius 1 is 1.18 bits per heavy atom. The number of carbonyl (C=O) groups is 1. The third kappa shape index (κ3) is 4.75. The number of unbranched alkanes of at least 4 members (excludes halogenated alkanes) is 1. The highest BCUT2D eigenvalue weighted by molar-refractivity contribution is 6.06. The zero-order chi connectivity index (χ0) is 20.0. The molecule has 2 aliphatic rings. The number of hydrogen-bond donors (Lipinski definition) is 2. The van der Waals surface area contributed by atoms with Gasteiger partial charge in [0, 0.05) is 6.54 Å². The van der Waals surface area contributed by atoms with Gasteiger partial charge in [-0.25, -0.2) is 4.99 Å². The van der Waals surface area contributed by atoms with Gasteiger partial charge in [-0.05, 0) is 36.9 Å². The third-order valence-corrected chi connectivity index (χ3v) is 6.29. The predicted octanol–water partition coefficient (Wildman–Crippen LogP) is 3.96. The van der Waals surface area contributed by atoms with Crippen LogP contribution >= 0.6 is 0 Å². The first-order valence-corrected chi connectivity index (χ1v) is 11.0. The SMILES string of the molecule is CCCCC1(CC2CCCCC2)N=C(N)N(Cc2ccc(CNC)cc2)C1=O. The fourth-order valence-corrected chi connectivity index (χ4v) is 4.72. The molecule has 3 rings (SSSR count). The fourth-order valence-electron chi connectivity index (χ4n) is 4.72. The predicted molar refractivity (Wildman–Crippen MR) is 115 cm³/mol. The number of rotatable bonds is 9. The van der Waals surface area contributed by atoms with E-state index in [9.17, 15) is 4.79 Å². The normalized spacial score (nSPS) is 23.3. The first kappa shape index (κ1) is 20.8. The number of carbonyl (C=O) groups excluding carboxylic acids is 1. The molecule has 1 saturated carbocycles. The lowest BCUT2D eigenvalue weighted by Crippen LogP contribution is -2.45. The van der Waals surface area contributed by atoms with Crippen molar-refractivity contribution in [3.63, 3.8) is 0 Å². The zero-order valence-corrected chi connectivity index (χ0v) is 17.5. The highest BCUT2D eigenvalue weighted by atomic mass is 16.2.